The zero-order valence-corrected chi connectivity index (χ0v) is 19.0. The number of aromatic nitrogens is 1. The van der Waals surface area contributed by atoms with Gasteiger partial charge in [-0.15, -0.1) is 0 Å². The molecular weight excluding hydrogens is 424 g/mol. The van der Waals surface area contributed by atoms with Gasteiger partial charge in [0.15, 0.2) is 11.5 Å². The Hall–Kier alpha value is -3.45. The SMILES string of the molecule is COc1ccccc1OCCN1C(=O)S/C(=C\c2cc(C)n(-c3ccccc3)c2C)C1=O. The molecule has 0 N–H and O–H groups in total. The number of carbonyl (C=O) groups excluding carboxylic acids is 2. The largest absolute Gasteiger partial charge is 0.493 e. The number of hydrogen-bond donors (Lipinski definition) is 0. The van der Waals surface area contributed by atoms with E-state index >= 15 is 0 Å². The third kappa shape index (κ3) is 4.29. The lowest BCUT2D eigenvalue weighted by Gasteiger charge is -2.14. The van der Waals surface area contributed by atoms with Gasteiger partial charge in [-0.25, -0.2) is 0 Å². The Balaban J connectivity index is 1.48. The van der Waals surface area contributed by atoms with E-state index in [1.165, 1.54) is 4.90 Å². The molecule has 6 nitrogen and oxygen atoms in total. The van der Waals surface area contributed by atoms with Crippen LogP contribution in [-0.4, -0.2) is 40.9 Å². The van der Waals surface area contributed by atoms with Gasteiger partial charge in [-0.05, 0) is 67.6 Å². The summed E-state index contributed by atoms with van der Waals surface area (Å²) in [6, 6.07) is 19.3. The minimum Gasteiger partial charge on any atom is -0.493 e. The van der Waals surface area contributed by atoms with Crippen molar-refractivity contribution >= 4 is 29.0 Å². The van der Waals surface area contributed by atoms with E-state index in [-0.39, 0.29) is 24.3 Å². The first-order valence-electron chi connectivity index (χ1n) is 10.2. The number of benzene rings is 2. The molecule has 1 fully saturated rings. The number of carbonyl (C=O) groups is 2. The van der Waals surface area contributed by atoms with Gasteiger partial charge in [0.1, 0.15) is 6.61 Å². The van der Waals surface area contributed by atoms with E-state index in [0.29, 0.717) is 16.4 Å². The number of ether oxygens (including phenoxy) is 2. The molecule has 1 aliphatic rings. The molecule has 1 saturated heterocycles. The minimum absolute atomic E-state index is 0.170. The maximum Gasteiger partial charge on any atom is 0.293 e. The molecule has 0 unspecified atom stereocenters. The van der Waals surface area contributed by atoms with Crippen molar-refractivity contribution in [2.45, 2.75) is 13.8 Å². The highest BCUT2D eigenvalue weighted by Crippen LogP contribution is 2.34. The van der Waals surface area contributed by atoms with Crippen molar-refractivity contribution in [2.24, 2.45) is 0 Å². The number of methoxy groups -OCH3 is 1. The number of nitrogens with zero attached hydrogens (tertiary/aromatic N) is 2. The lowest BCUT2D eigenvalue weighted by molar-refractivity contribution is -0.123. The summed E-state index contributed by atoms with van der Waals surface area (Å²) in [7, 11) is 1.57. The first kappa shape index (κ1) is 21.8. The summed E-state index contributed by atoms with van der Waals surface area (Å²) in [5.41, 5.74) is 4.05. The van der Waals surface area contributed by atoms with Crippen LogP contribution in [0, 0.1) is 13.8 Å². The van der Waals surface area contributed by atoms with Crippen LogP contribution in [0.1, 0.15) is 17.0 Å². The number of para-hydroxylation sites is 3. The molecule has 0 saturated carbocycles. The molecule has 7 heteroatoms. The van der Waals surface area contributed by atoms with Crippen molar-refractivity contribution in [1.82, 2.24) is 9.47 Å². The standard InChI is InChI=1S/C25H24N2O4S/c1-17-15-19(18(2)27(17)20-9-5-4-6-10-20)16-23-24(28)26(25(29)32-23)13-14-31-22-12-8-7-11-21(22)30-3/h4-12,15-16H,13-14H2,1-3H3/b23-16-. The lowest BCUT2D eigenvalue weighted by Crippen LogP contribution is -2.32. The average Bonchev–Trinajstić information content (AvgIpc) is 3.23. The second kappa shape index (κ2) is 9.36. The van der Waals surface area contributed by atoms with Gasteiger partial charge in [-0.1, -0.05) is 30.3 Å². The average molecular weight is 449 g/mol. The molecule has 2 aromatic carbocycles. The van der Waals surface area contributed by atoms with Crippen LogP contribution in [0.2, 0.25) is 0 Å². The highest BCUT2D eigenvalue weighted by Gasteiger charge is 2.35. The fraction of sp³-hybridized carbons (Fsp3) is 0.200. The van der Waals surface area contributed by atoms with Crippen LogP contribution in [0.15, 0.2) is 65.6 Å². The molecule has 1 aliphatic heterocycles. The van der Waals surface area contributed by atoms with Crippen LogP contribution < -0.4 is 9.47 Å². The number of imide groups is 1. The van der Waals surface area contributed by atoms with E-state index in [0.717, 1.165) is 34.4 Å². The third-order valence-corrected chi connectivity index (χ3v) is 6.19. The monoisotopic (exact) mass is 448 g/mol. The maximum atomic E-state index is 12.9. The van der Waals surface area contributed by atoms with Gasteiger partial charge in [-0.2, -0.15) is 0 Å². The molecule has 4 rings (SSSR count). The topological polar surface area (TPSA) is 60.8 Å². The van der Waals surface area contributed by atoms with Crippen LogP contribution in [0.3, 0.4) is 0 Å². The summed E-state index contributed by atoms with van der Waals surface area (Å²) < 4.78 is 13.1. The van der Waals surface area contributed by atoms with Gasteiger partial charge in [-0.3, -0.25) is 14.5 Å². The van der Waals surface area contributed by atoms with Gasteiger partial charge in [0.2, 0.25) is 0 Å². The summed E-state index contributed by atoms with van der Waals surface area (Å²) in [5.74, 6) is 0.884. The predicted octanol–water partition coefficient (Wildman–Crippen LogP) is 5.22. The van der Waals surface area contributed by atoms with Crippen LogP contribution >= 0.6 is 11.8 Å². The Labute approximate surface area is 191 Å². The fourth-order valence-corrected chi connectivity index (χ4v) is 4.58. The number of hydrogen-bond acceptors (Lipinski definition) is 5. The van der Waals surface area contributed by atoms with Crippen molar-refractivity contribution < 1.29 is 19.1 Å². The zero-order valence-electron chi connectivity index (χ0n) is 18.2. The molecule has 0 radical (unpaired) electrons. The number of amides is 2. The van der Waals surface area contributed by atoms with Crippen LogP contribution in [0.4, 0.5) is 4.79 Å². The van der Waals surface area contributed by atoms with Crippen molar-refractivity contribution in [3.63, 3.8) is 0 Å². The summed E-state index contributed by atoms with van der Waals surface area (Å²) in [4.78, 5) is 27.0. The molecule has 0 spiro atoms. The predicted molar refractivity (Wildman–Crippen MR) is 126 cm³/mol. The number of rotatable bonds is 7. The quantitative estimate of drug-likeness (QED) is 0.464. The van der Waals surface area contributed by atoms with E-state index in [4.69, 9.17) is 9.47 Å². The first-order chi connectivity index (χ1) is 15.5. The van der Waals surface area contributed by atoms with E-state index in [1.54, 1.807) is 25.3 Å². The fourth-order valence-electron chi connectivity index (χ4n) is 3.73. The lowest BCUT2D eigenvalue weighted by atomic mass is 10.2. The normalized spacial score (nSPS) is 15.0. The minimum atomic E-state index is -0.298. The summed E-state index contributed by atoms with van der Waals surface area (Å²) >= 11 is 0.959. The van der Waals surface area contributed by atoms with Gasteiger partial charge in [0.25, 0.3) is 11.1 Å². The number of thioether (sulfide) groups is 1. The van der Waals surface area contributed by atoms with Gasteiger partial charge < -0.3 is 14.0 Å². The van der Waals surface area contributed by atoms with Crippen molar-refractivity contribution in [2.75, 3.05) is 20.3 Å². The molecule has 0 atom stereocenters. The van der Waals surface area contributed by atoms with E-state index in [9.17, 15) is 9.59 Å². The van der Waals surface area contributed by atoms with E-state index in [2.05, 4.69) is 4.57 Å². The van der Waals surface area contributed by atoms with E-state index < -0.39 is 0 Å². The van der Waals surface area contributed by atoms with E-state index in [1.807, 2.05) is 62.4 Å². The molecule has 32 heavy (non-hydrogen) atoms. The highest BCUT2D eigenvalue weighted by molar-refractivity contribution is 8.18. The first-order valence-corrected chi connectivity index (χ1v) is 11.1. The maximum absolute atomic E-state index is 12.9. The summed E-state index contributed by atoms with van der Waals surface area (Å²) in [6.45, 7) is 4.40. The van der Waals surface area contributed by atoms with Gasteiger partial charge in [0, 0.05) is 17.1 Å². The Morgan fingerprint density at radius 3 is 2.38 bits per heavy atom. The Bertz CT molecular complexity index is 1180. The smallest absolute Gasteiger partial charge is 0.293 e. The molecule has 2 amide bonds. The Kier molecular flexibility index (Phi) is 6.37. The number of aryl methyl sites for hydroxylation is 1. The molecule has 0 bridgehead atoms. The third-order valence-electron chi connectivity index (χ3n) is 5.29. The van der Waals surface area contributed by atoms with Gasteiger partial charge >= 0.3 is 0 Å². The van der Waals surface area contributed by atoms with Crippen LogP contribution in [-0.2, 0) is 4.79 Å². The molecule has 3 aromatic rings. The van der Waals surface area contributed by atoms with Crippen LogP contribution in [0.5, 0.6) is 11.5 Å². The van der Waals surface area contributed by atoms with Crippen molar-refractivity contribution in [3.8, 4) is 17.2 Å². The second-order valence-corrected chi connectivity index (χ2v) is 8.32. The second-order valence-electron chi connectivity index (χ2n) is 7.33. The molecule has 0 aliphatic carbocycles. The van der Waals surface area contributed by atoms with Gasteiger partial charge in [0.05, 0.1) is 18.6 Å². The van der Waals surface area contributed by atoms with Crippen molar-refractivity contribution in [1.29, 1.82) is 0 Å². The molecule has 1 aromatic heterocycles. The Morgan fingerprint density at radius 2 is 1.66 bits per heavy atom. The molecule has 2 heterocycles. The Morgan fingerprint density at radius 1 is 0.969 bits per heavy atom. The summed E-state index contributed by atoms with van der Waals surface area (Å²) in [5, 5.41) is -0.290. The summed E-state index contributed by atoms with van der Waals surface area (Å²) in [6.07, 6.45) is 1.80. The van der Waals surface area contributed by atoms with Crippen LogP contribution in [0.25, 0.3) is 11.8 Å². The highest BCUT2D eigenvalue weighted by atomic mass is 32.2. The molecule has 164 valence electrons. The van der Waals surface area contributed by atoms with Crippen molar-refractivity contribution in [3.05, 3.63) is 82.5 Å². The zero-order chi connectivity index (χ0) is 22.7. The molecular formula is C25H24N2O4S.